The van der Waals surface area contributed by atoms with Crippen LogP contribution in [0.4, 0.5) is 0 Å². The van der Waals surface area contributed by atoms with Gasteiger partial charge in [0, 0.05) is 11.8 Å². The molecule has 2 rings (SSSR count). The summed E-state index contributed by atoms with van der Waals surface area (Å²) in [6.07, 6.45) is 4.51. The van der Waals surface area contributed by atoms with Crippen LogP contribution in [-0.4, -0.2) is 11.2 Å². The van der Waals surface area contributed by atoms with Gasteiger partial charge in [-0.25, -0.2) is 0 Å². The van der Waals surface area contributed by atoms with Gasteiger partial charge in [0.2, 0.25) is 0 Å². The van der Waals surface area contributed by atoms with Gasteiger partial charge in [-0.2, -0.15) is 0 Å². The normalized spacial score (nSPS) is 42.8. The van der Waals surface area contributed by atoms with E-state index in [2.05, 4.69) is 18.8 Å². The first-order valence-electron chi connectivity index (χ1n) is 5.02. The van der Waals surface area contributed by atoms with Crippen LogP contribution in [0.2, 0.25) is 0 Å². The molecule has 12 heavy (non-hydrogen) atoms. The Morgan fingerprint density at radius 3 is 2.75 bits per heavy atom. The van der Waals surface area contributed by atoms with E-state index in [1.165, 1.54) is 19.3 Å². The number of hydrogen-bond acceptors (Lipinski definition) is 1. The molecule has 0 amide bonds. The number of hydrogen-bond donors (Lipinski definition) is 1. The van der Waals surface area contributed by atoms with Gasteiger partial charge in [-0.3, -0.25) is 0 Å². The molecule has 1 N–H and O–H groups in total. The minimum atomic E-state index is -0.0750. The summed E-state index contributed by atoms with van der Waals surface area (Å²) in [7, 11) is 0. The summed E-state index contributed by atoms with van der Waals surface area (Å²) >= 11 is 0. The highest BCUT2D eigenvalue weighted by atomic mass is 16.3. The van der Waals surface area contributed by atoms with E-state index in [9.17, 15) is 5.11 Å². The average Bonchev–Trinajstić information content (AvgIpc) is 2.23. The van der Waals surface area contributed by atoms with Crippen molar-refractivity contribution in [3.8, 4) is 11.8 Å². The first-order chi connectivity index (χ1) is 5.83. The van der Waals surface area contributed by atoms with Crippen molar-refractivity contribution in [2.45, 2.75) is 38.7 Å². The van der Waals surface area contributed by atoms with Gasteiger partial charge in [-0.05, 0) is 18.8 Å². The Bertz CT molecular complexity index is 223. The fourth-order valence-electron chi connectivity index (χ4n) is 2.39. The van der Waals surface area contributed by atoms with E-state index in [1.807, 2.05) is 0 Å². The molecule has 0 aromatic heterocycles. The first-order valence-corrected chi connectivity index (χ1v) is 5.02. The van der Waals surface area contributed by atoms with Crippen LogP contribution < -0.4 is 0 Å². The van der Waals surface area contributed by atoms with E-state index < -0.39 is 0 Å². The zero-order valence-corrected chi connectivity index (χ0v) is 7.59. The Morgan fingerprint density at radius 2 is 2.25 bits per heavy atom. The molecular weight excluding hydrogens is 148 g/mol. The molecule has 0 aromatic carbocycles. The summed E-state index contributed by atoms with van der Waals surface area (Å²) in [5.74, 6) is 7.91. The molecule has 0 heterocycles. The van der Waals surface area contributed by atoms with E-state index in [-0.39, 0.29) is 6.10 Å². The maximum Gasteiger partial charge on any atom is 0.0592 e. The number of rotatable bonds is 3. The second-order valence-electron chi connectivity index (χ2n) is 4.03. The van der Waals surface area contributed by atoms with Gasteiger partial charge in [0.15, 0.2) is 0 Å². The van der Waals surface area contributed by atoms with Crippen LogP contribution in [0, 0.1) is 29.6 Å². The van der Waals surface area contributed by atoms with Crippen molar-refractivity contribution in [1.29, 1.82) is 0 Å². The summed E-state index contributed by atoms with van der Waals surface area (Å²) in [4.78, 5) is 0. The van der Waals surface area contributed by atoms with Gasteiger partial charge in [-0.1, -0.05) is 31.6 Å². The van der Waals surface area contributed by atoms with E-state index in [4.69, 9.17) is 0 Å². The summed E-state index contributed by atoms with van der Waals surface area (Å²) in [5.41, 5.74) is 0. The van der Waals surface area contributed by atoms with Gasteiger partial charge in [-0.15, -0.1) is 0 Å². The van der Waals surface area contributed by atoms with Crippen molar-refractivity contribution in [2.24, 2.45) is 17.8 Å². The van der Waals surface area contributed by atoms with E-state index in [1.54, 1.807) is 0 Å². The topological polar surface area (TPSA) is 20.2 Å². The highest BCUT2D eigenvalue weighted by Crippen LogP contribution is 2.43. The van der Waals surface area contributed by atoms with Crippen LogP contribution in [0.25, 0.3) is 0 Å². The molecule has 2 aliphatic rings. The van der Waals surface area contributed by atoms with Crippen LogP contribution in [0.15, 0.2) is 0 Å². The summed E-state index contributed by atoms with van der Waals surface area (Å²) in [5, 5.41) is 9.72. The lowest BCUT2D eigenvalue weighted by molar-refractivity contribution is 0.119. The molecule has 0 aliphatic heterocycles. The number of fused-ring (bicyclic) bond motifs is 1. The average molecular weight is 164 g/mol. The minimum absolute atomic E-state index is 0.0750. The highest BCUT2D eigenvalue weighted by Gasteiger charge is 2.43. The lowest BCUT2D eigenvalue weighted by Gasteiger charge is -2.22. The van der Waals surface area contributed by atoms with Crippen molar-refractivity contribution in [2.75, 3.05) is 0 Å². The molecule has 4 atom stereocenters. The van der Waals surface area contributed by atoms with Crippen LogP contribution in [0.5, 0.6) is 0 Å². The third-order valence-electron chi connectivity index (χ3n) is 3.21. The number of aliphatic hydroxyl groups excluding tert-OH is 1. The van der Waals surface area contributed by atoms with Crippen molar-refractivity contribution in [3.05, 3.63) is 0 Å². The quantitative estimate of drug-likeness (QED) is 0.631. The Morgan fingerprint density at radius 1 is 1.42 bits per heavy atom. The van der Waals surface area contributed by atoms with Crippen LogP contribution >= 0.6 is 0 Å². The largest absolute Gasteiger partial charge is 0.393 e. The molecule has 0 aromatic rings. The molecule has 1 fully saturated rings. The lowest BCUT2D eigenvalue weighted by atomic mass is 9.81. The maximum atomic E-state index is 9.72. The molecule has 0 bridgehead atoms. The molecule has 2 aliphatic carbocycles. The predicted octanol–water partition coefficient (Wildman–Crippen LogP) is 1.81. The van der Waals surface area contributed by atoms with Crippen molar-refractivity contribution in [1.82, 2.24) is 0 Å². The minimum Gasteiger partial charge on any atom is -0.393 e. The van der Waals surface area contributed by atoms with Crippen molar-refractivity contribution in [3.63, 3.8) is 0 Å². The van der Waals surface area contributed by atoms with Crippen LogP contribution in [0.1, 0.15) is 32.6 Å². The molecule has 1 saturated carbocycles. The van der Waals surface area contributed by atoms with E-state index in [0.717, 1.165) is 6.42 Å². The SMILES string of the molecule is CCCCC1C(O)CC2C#CC21. The summed E-state index contributed by atoms with van der Waals surface area (Å²) in [6, 6.07) is 0. The van der Waals surface area contributed by atoms with Crippen LogP contribution in [-0.2, 0) is 0 Å². The van der Waals surface area contributed by atoms with Gasteiger partial charge in [0.05, 0.1) is 6.10 Å². The van der Waals surface area contributed by atoms with Gasteiger partial charge in [0.1, 0.15) is 0 Å². The summed E-state index contributed by atoms with van der Waals surface area (Å²) < 4.78 is 0. The molecule has 1 heteroatoms. The van der Waals surface area contributed by atoms with Gasteiger partial charge < -0.3 is 5.11 Å². The second kappa shape index (κ2) is 3.11. The fraction of sp³-hybridized carbons (Fsp3) is 0.818. The smallest absolute Gasteiger partial charge is 0.0592 e. The van der Waals surface area contributed by atoms with Crippen LogP contribution in [0.3, 0.4) is 0 Å². The molecule has 1 nitrogen and oxygen atoms in total. The van der Waals surface area contributed by atoms with Crippen molar-refractivity contribution < 1.29 is 5.11 Å². The molecule has 66 valence electrons. The monoisotopic (exact) mass is 164 g/mol. The van der Waals surface area contributed by atoms with Crippen molar-refractivity contribution >= 4 is 0 Å². The molecular formula is C11H16O. The number of unbranched alkanes of at least 4 members (excludes halogenated alkanes) is 1. The molecule has 0 spiro atoms. The summed E-state index contributed by atoms with van der Waals surface area (Å²) in [6.45, 7) is 2.20. The zero-order valence-electron chi connectivity index (χ0n) is 7.59. The van der Waals surface area contributed by atoms with Gasteiger partial charge in [0.25, 0.3) is 0 Å². The zero-order chi connectivity index (χ0) is 8.55. The maximum absolute atomic E-state index is 9.72. The lowest BCUT2D eigenvalue weighted by Crippen LogP contribution is -2.22. The Kier molecular flexibility index (Phi) is 2.11. The standard InChI is InChI=1S/C11H16O/c1-2-3-4-10-9-6-5-8(9)7-11(10)12/h8-12H,2-4,7H2,1H3. The Labute approximate surface area is 74.2 Å². The molecule has 4 unspecified atom stereocenters. The highest BCUT2D eigenvalue weighted by molar-refractivity contribution is 5.27. The third kappa shape index (κ3) is 1.15. The van der Waals surface area contributed by atoms with E-state index >= 15 is 0 Å². The predicted molar refractivity (Wildman–Crippen MR) is 48.4 cm³/mol. The second-order valence-corrected chi connectivity index (χ2v) is 4.03. The molecule has 0 saturated heterocycles. The van der Waals surface area contributed by atoms with E-state index in [0.29, 0.717) is 17.8 Å². The van der Waals surface area contributed by atoms with Gasteiger partial charge >= 0.3 is 0 Å². The third-order valence-corrected chi connectivity index (χ3v) is 3.21. The Hall–Kier alpha value is -0.480. The first kappa shape index (κ1) is 8.13. The number of aliphatic hydroxyl groups is 1. The fourth-order valence-corrected chi connectivity index (χ4v) is 2.39. The molecule has 0 radical (unpaired) electrons. The Balaban J connectivity index is 1.92.